The van der Waals surface area contributed by atoms with Crippen molar-refractivity contribution in [2.45, 2.75) is 17.1 Å². The van der Waals surface area contributed by atoms with Crippen molar-refractivity contribution >= 4 is 39.1 Å². The Hall–Kier alpha value is -3.07. The molecule has 1 heterocycles. The SMILES string of the molecule is N#Cc1ccc(CSc2ccccc2C(=O)NCCc2csc3ccccc23)cc1. The van der Waals surface area contributed by atoms with Crippen LogP contribution in [0.15, 0.2) is 83.1 Å². The molecule has 30 heavy (non-hydrogen) atoms. The summed E-state index contributed by atoms with van der Waals surface area (Å²) in [4.78, 5) is 13.8. The predicted molar refractivity (Wildman–Crippen MR) is 125 cm³/mol. The maximum Gasteiger partial charge on any atom is 0.252 e. The molecule has 0 unspecified atom stereocenters. The van der Waals surface area contributed by atoms with Gasteiger partial charge in [-0.25, -0.2) is 0 Å². The average molecular weight is 429 g/mol. The van der Waals surface area contributed by atoms with E-state index in [1.54, 1.807) is 23.1 Å². The molecule has 4 aromatic rings. The molecule has 4 rings (SSSR count). The number of fused-ring (bicyclic) bond motifs is 1. The van der Waals surface area contributed by atoms with Gasteiger partial charge in [0.2, 0.25) is 0 Å². The molecule has 3 nitrogen and oxygen atoms in total. The van der Waals surface area contributed by atoms with Crippen molar-refractivity contribution in [3.63, 3.8) is 0 Å². The van der Waals surface area contributed by atoms with Crippen molar-refractivity contribution in [3.8, 4) is 6.07 Å². The highest BCUT2D eigenvalue weighted by molar-refractivity contribution is 7.98. The molecule has 1 N–H and O–H groups in total. The van der Waals surface area contributed by atoms with Gasteiger partial charge in [0.05, 0.1) is 17.2 Å². The Labute approximate surface area is 184 Å². The number of benzene rings is 3. The van der Waals surface area contributed by atoms with E-state index in [0.717, 1.165) is 22.6 Å². The lowest BCUT2D eigenvalue weighted by Crippen LogP contribution is -2.26. The molecule has 0 fully saturated rings. The highest BCUT2D eigenvalue weighted by atomic mass is 32.2. The standard InChI is InChI=1S/C25H20N2OS2/c26-15-18-9-11-19(12-10-18)16-29-24-8-4-2-6-22(24)25(28)27-14-13-20-17-30-23-7-3-1-5-21(20)23/h1-12,17H,13-14,16H2,(H,27,28). The van der Waals surface area contributed by atoms with Gasteiger partial charge in [-0.15, -0.1) is 23.1 Å². The van der Waals surface area contributed by atoms with Crippen molar-refractivity contribution in [2.24, 2.45) is 0 Å². The number of nitriles is 1. The van der Waals surface area contributed by atoms with E-state index in [2.05, 4.69) is 41.0 Å². The van der Waals surface area contributed by atoms with Gasteiger partial charge < -0.3 is 5.32 Å². The van der Waals surface area contributed by atoms with Crippen LogP contribution in [0.5, 0.6) is 0 Å². The molecule has 0 saturated heterocycles. The zero-order chi connectivity index (χ0) is 20.8. The minimum Gasteiger partial charge on any atom is -0.352 e. The van der Waals surface area contributed by atoms with Crippen LogP contribution in [0.1, 0.15) is 27.0 Å². The number of hydrogen-bond donors (Lipinski definition) is 1. The van der Waals surface area contributed by atoms with E-state index in [-0.39, 0.29) is 5.91 Å². The fraction of sp³-hybridized carbons (Fsp3) is 0.120. The third-order valence-electron chi connectivity index (χ3n) is 4.85. The minimum atomic E-state index is -0.0440. The molecule has 0 atom stereocenters. The Morgan fingerprint density at radius 1 is 1.00 bits per heavy atom. The summed E-state index contributed by atoms with van der Waals surface area (Å²) in [5.74, 6) is 0.703. The molecule has 1 amide bonds. The number of rotatable bonds is 7. The lowest BCUT2D eigenvalue weighted by molar-refractivity contribution is 0.0951. The van der Waals surface area contributed by atoms with E-state index in [1.165, 1.54) is 15.6 Å². The van der Waals surface area contributed by atoms with E-state index in [9.17, 15) is 4.79 Å². The Morgan fingerprint density at radius 3 is 2.60 bits per heavy atom. The number of nitrogens with one attached hydrogen (secondary N) is 1. The number of carbonyl (C=O) groups excluding carboxylic acids is 1. The molecule has 0 spiro atoms. The first kappa shape index (κ1) is 20.2. The number of hydrogen-bond acceptors (Lipinski definition) is 4. The van der Waals surface area contributed by atoms with Crippen LogP contribution in [0.4, 0.5) is 0 Å². The number of carbonyl (C=O) groups is 1. The summed E-state index contributed by atoms with van der Waals surface area (Å²) in [7, 11) is 0. The fourth-order valence-electron chi connectivity index (χ4n) is 3.25. The van der Waals surface area contributed by atoms with Crippen LogP contribution in [0.2, 0.25) is 0 Å². The topological polar surface area (TPSA) is 52.9 Å². The van der Waals surface area contributed by atoms with Crippen LogP contribution in [0.25, 0.3) is 10.1 Å². The first-order valence-electron chi connectivity index (χ1n) is 9.69. The van der Waals surface area contributed by atoms with E-state index in [1.807, 2.05) is 48.5 Å². The molecule has 1 aromatic heterocycles. The predicted octanol–water partition coefficient (Wildman–Crippen LogP) is 6.04. The summed E-state index contributed by atoms with van der Waals surface area (Å²) in [5.41, 5.74) is 3.76. The van der Waals surface area contributed by atoms with Crippen molar-refractivity contribution < 1.29 is 4.79 Å². The first-order chi connectivity index (χ1) is 14.7. The molecule has 3 aromatic carbocycles. The van der Waals surface area contributed by atoms with Crippen LogP contribution in [0.3, 0.4) is 0 Å². The van der Waals surface area contributed by atoms with Gasteiger partial charge in [0.1, 0.15) is 0 Å². The summed E-state index contributed by atoms with van der Waals surface area (Å²) in [6, 6.07) is 25.8. The van der Waals surface area contributed by atoms with Gasteiger partial charge in [0.25, 0.3) is 5.91 Å². The van der Waals surface area contributed by atoms with Crippen molar-refractivity contribution in [1.82, 2.24) is 5.32 Å². The van der Waals surface area contributed by atoms with Gasteiger partial charge in [-0.3, -0.25) is 4.79 Å². The molecule has 0 radical (unpaired) electrons. The van der Waals surface area contributed by atoms with Crippen LogP contribution in [0, 0.1) is 11.3 Å². The first-order valence-corrected chi connectivity index (χ1v) is 11.6. The van der Waals surface area contributed by atoms with Gasteiger partial charge in [-0.2, -0.15) is 5.26 Å². The Bertz CT molecular complexity index is 1210. The zero-order valence-corrected chi connectivity index (χ0v) is 17.9. The smallest absolute Gasteiger partial charge is 0.252 e. The van der Waals surface area contributed by atoms with Crippen LogP contribution in [-0.2, 0) is 12.2 Å². The third kappa shape index (κ3) is 4.73. The Morgan fingerprint density at radius 2 is 1.77 bits per heavy atom. The molecule has 0 aliphatic rings. The number of nitrogens with zero attached hydrogens (tertiary/aromatic N) is 1. The van der Waals surface area contributed by atoms with Gasteiger partial charge in [0, 0.05) is 21.9 Å². The van der Waals surface area contributed by atoms with E-state index in [0.29, 0.717) is 17.7 Å². The highest BCUT2D eigenvalue weighted by Crippen LogP contribution is 2.27. The normalized spacial score (nSPS) is 10.6. The lowest BCUT2D eigenvalue weighted by atomic mass is 10.1. The lowest BCUT2D eigenvalue weighted by Gasteiger charge is -2.10. The second-order valence-electron chi connectivity index (χ2n) is 6.86. The van der Waals surface area contributed by atoms with E-state index in [4.69, 9.17) is 5.26 Å². The minimum absolute atomic E-state index is 0.0440. The number of amides is 1. The fourth-order valence-corrected chi connectivity index (χ4v) is 5.25. The van der Waals surface area contributed by atoms with Gasteiger partial charge in [0.15, 0.2) is 0 Å². The molecule has 0 saturated carbocycles. The van der Waals surface area contributed by atoms with Crippen molar-refractivity contribution in [2.75, 3.05) is 6.54 Å². The van der Waals surface area contributed by atoms with Gasteiger partial charge in [-0.1, -0.05) is 42.5 Å². The van der Waals surface area contributed by atoms with Gasteiger partial charge in [-0.05, 0) is 58.6 Å². The summed E-state index contributed by atoms with van der Waals surface area (Å²) in [5, 5.41) is 15.4. The van der Waals surface area contributed by atoms with Crippen LogP contribution >= 0.6 is 23.1 Å². The second kappa shape index (κ2) is 9.62. The summed E-state index contributed by atoms with van der Waals surface area (Å²) < 4.78 is 1.28. The molecule has 0 aliphatic heterocycles. The highest BCUT2D eigenvalue weighted by Gasteiger charge is 2.12. The third-order valence-corrected chi connectivity index (χ3v) is 7.01. The van der Waals surface area contributed by atoms with Crippen molar-refractivity contribution in [3.05, 3.63) is 100 Å². The van der Waals surface area contributed by atoms with Crippen LogP contribution < -0.4 is 5.32 Å². The molecule has 0 bridgehead atoms. The van der Waals surface area contributed by atoms with Gasteiger partial charge >= 0.3 is 0 Å². The number of thiophene rings is 1. The maximum absolute atomic E-state index is 12.8. The zero-order valence-electron chi connectivity index (χ0n) is 16.3. The van der Waals surface area contributed by atoms with Crippen LogP contribution in [-0.4, -0.2) is 12.5 Å². The van der Waals surface area contributed by atoms with E-state index >= 15 is 0 Å². The maximum atomic E-state index is 12.8. The quantitative estimate of drug-likeness (QED) is 0.365. The molecular weight excluding hydrogens is 408 g/mol. The largest absolute Gasteiger partial charge is 0.352 e. The second-order valence-corrected chi connectivity index (χ2v) is 8.78. The number of thioether (sulfide) groups is 1. The molecule has 0 aliphatic carbocycles. The average Bonchev–Trinajstić information content (AvgIpc) is 3.21. The Kier molecular flexibility index (Phi) is 6.48. The molecule has 5 heteroatoms. The van der Waals surface area contributed by atoms with E-state index < -0.39 is 0 Å². The molecular formula is C25H20N2OS2. The summed E-state index contributed by atoms with van der Waals surface area (Å²) in [6.07, 6.45) is 0.816. The summed E-state index contributed by atoms with van der Waals surface area (Å²) >= 11 is 3.38. The monoisotopic (exact) mass is 428 g/mol. The molecule has 148 valence electrons. The van der Waals surface area contributed by atoms with Crippen molar-refractivity contribution in [1.29, 1.82) is 5.26 Å². The Balaban J connectivity index is 1.37. The summed E-state index contributed by atoms with van der Waals surface area (Å²) in [6.45, 7) is 0.605.